The van der Waals surface area contributed by atoms with Gasteiger partial charge in [-0.3, -0.25) is 4.90 Å². The fourth-order valence-corrected chi connectivity index (χ4v) is 3.19. The lowest BCUT2D eigenvalue weighted by Gasteiger charge is -2.13. The van der Waals surface area contributed by atoms with Crippen LogP contribution in [0.15, 0.2) is 34.4 Å². The zero-order valence-electron chi connectivity index (χ0n) is 11.5. The molecule has 2 fully saturated rings. The second-order valence-corrected chi connectivity index (χ2v) is 5.76. The average Bonchev–Trinajstić information content (AvgIpc) is 3.18. The van der Waals surface area contributed by atoms with Crippen molar-refractivity contribution in [1.82, 2.24) is 10.1 Å². The SMILES string of the molecule is Oc1ccc(-c2cc(/C=C3/CN4CCC3C4)on2)cc1O. The van der Waals surface area contributed by atoms with E-state index >= 15 is 0 Å². The van der Waals surface area contributed by atoms with Crippen LogP contribution in [0.5, 0.6) is 11.5 Å². The lowest BCUT2D eigenvalue weighted by Crippen LogP contribution is -2.17. The molecule has 2 N–H and O–H groups in total. The highest BCUT2D eigenvalue weighted by molar-refractivity contribution is 5.65. The van der Waals surface area contributed by atoms with Gasteiger partial charge in [0, 0.05) is 24.7 Å². The lowest BCUT2D eigenvalue weighted by atomic mass is 9.98. The Morgan fingerprint density at radius 3 is 2.86 bits per heavy atom. The van der Waals surface area contributed by atoms with Crippen molar-refractivity contribution in [2.45, 2.75) is 6.42 Å². The third kappa shape index (κ3) is 2.19. The van der Waals surface area contributed by atoms with Crippen LogP contribution in [-0.2, 0) is 0 Å². The van der Waals surface area contributed by atoms with E-state index in [1.807, 2.05) is 6.07 Å². The van der Waals surface area contributed by atoms with E-state index in [9.17, 15) is 10.2 Å². The molecule has 4 rings (SSSR count). The molecule has 1 aromatic carbocycles. The standard InChI is InChI=1S/C16H16N2O3/c19-15-2-1-10(6-16(15)20)14-7-13(21-17-14)5-12-9-18-4-3-11(12)8-18/h1-2,5-7,11,19-20H,3-4,8-9H2/b12-5-. The van der Waals surface area contributed by atoms with Gasteiger partial charge in [0.15, 0.2) is 17.3 Å². The Morgan fingerprint density at radius 1 is 1.24 bits per heavy atom. The number of benzene rings is 1. The molecule has 0 amide bonds. The molecular formula is C16H16N2O3. The molecular weight excluding hydrogens is 268 g/mol. The Morgan fingerprint density at radius 2 is 2.14 bits per heavy atom. The summed E-state index contributed by atoms with van der Waals surface area (Å²) in [5, 5.41) is 22.9. The quantitative estimate of drug-likeness (QED) is 0.829. The van der Waals surface area contributed by atoms with Gasteiger partial charge in [-0.25, -0.2) is 0 Å². The minimum atomic E-state index is -0.156. The van der Waals surface area contributed by atoms with E-state index in [4.69, 9.17) is 4.52 Å². The summed E-state index contributed by atoms with van der Waals surface area (Å²) in [6.45, 7) is 3.40. The third-order valence-corrected chi connectivity index (χ3v) is 4.33. The van der Waals surface area contributed by atoms with Crippen molar-refractivity contribution in [1.29, 1.82) is 0 Å². The summed E-state index contributed by atoms with van der Waals surface area (Å²) in [4.78, 5) is 2.45. The van der Waals surface area contributed by atoms with Gasteiger partial charge in [0.05, 0.1) is 0 Å². The van der Waals surface area contributed by atoms with Crippen LogP contribution in [0.3, 0.4) is 0 Å². The van der Waals surface area contributed by atoms with Crippen LogP contribution >= 0.6 is 0 Å². The highest BCUT2D eigenvalue weighted by Gasteiger charge is 2.33. The van der Waals surface area contributed by atoms with E-state index < -0.39 is 0 Å². The molecule has 21 heavy (non-hydrogen) atoms. The molecule has 2 atom stereocenters. The first-order valence-corrected chi connectivity index (χ1v) is 7.11. The van der Waals surface area contributed by atoms with Gasteiger partial charge in [-0.2, -0.15) is 0 Å². The van der Waals surface area contributed by atoms with Crippen molar-refractivity contribution in [2.24, 2.45) is 5.92 Å². The Balaban J connectivity index is 1.61. The van der Waals surface area contributed by atoms with Crippen LogP contribution in [0.2, 0.25) is 0 Å². The third-order valence-electron chi connectivity index (χ3n) is 4.33. The van der Waals surface area contributed by atoms with Crippen LogP contribution in [0.1, 0.15) is 12.2 Å². The van der Waals surface area contributed by atoms with Crippen LogP contribution in [-0.4, -0.2) is 39.9 Å². The van der Waals surface area contributed by atoms with Crippen molar-refractivity contribution in [3.8, 4) is 22.8 Å². The molecule has 5 nitrogen and oxygen atoms in total. The summed E-state index contributed by atoms with van der Waals surface area (Å²) in [6, 6.07) is 6.49. The highest BCUT2D eigenvalue weighted by Crippen LogP contribution is 2.34. The van der Waals surface area contributed by atoms with Gasteiger partial charge in [0.2, 0.25) is 0 Å². The first kappa shape index (κ1) is 12.5. The largest absolute Gasteiger partial charge is 0.504 e. The van der Waals surface area contributed by atoms with E-state index in [0.29, 0.717) is 11.6 Å². The molecule has 2 aliphatic rings. The van der Waals surface area contributed by atoms with Gasteiger partial charge in [0.1, 0.15) is 5.69 Å². The molecule has 2 bridgehead atoms. The minimum Gasteiger partial charge on any atom is -0.504 e. The Kier molecular flexibility index (Phi) is 2.75. The predicted octanol–water partition coefficient (Wildman–Crippen LogP) is 2.47. The van der Waals surface area contributed by atoms with Gasteiger partial charge >= 0.3 is 0 Å². The maximum Gasteiger partial charge on any atom is 0.160 e. The summed E-state index contributed by atoms with van der Waals surface area (Å²) >= 11 is 0. The van der Waals surface area contributed by atoms with Gasteiger partial charge in [0.25, 0.3) is 0 Å². The molecule has 2 aliphatic heterocycles. The summed E-state index contributed by atoms with van der Waals surface area (Å²) in [6.07, 6.45) is 3.32. The molecule has 3 heterocycles. The van der Waals surface area contributed by atoms with Crippen LogP contribution in [0.4, 0.5) is 0 Å². The van der Waals surface area contributed by atoms with E-state index in [1.165, 1.54) is 37.2 Å². The van der Waals surface area contributed by atoms with Gasteiger partial charge < -0.3 is 14.7 Å². The highest BCUT2D eigenvalue weighted by atomic mass is 16.5. The molecule has 2 saturated heterocycles. The number of aromatic hydroxyl groups is 2. The fourth-order valence-electron chi connectivity index (χ4n) is 3.19. The van der Waals surface area contributed by atoms with Crippen LogP contribution in [0.25, 0.3) is 17.3 Å². The second kappa shape index (κ2) is 4.63. The predicted molar refractivity (Wildman–Crippen MR) is 77.8 cm³/mol. The lowest BCUT2D eigenvalue weighted by molar-refractivity contribution is 0.391. The molecule has 0 aliphatic carbocycles. The number of fused-ring (bicyclic) bond motifs is 2. The summed E-state index contributed by atoms with van der Waals surface area (Å²) < 4.78 is 5.37. The summed E-state index contributed by atoms with van der Waals surface area (Å²) in [5.74, 6) is 1.11. The number of hydrogen-bond donors (Lipinski definition) is 2. The number of hydrogen-bond acceptors (Lipinski definition) is 5. The molecule has 5 heteroatoms. The maximum absolute atomic E-state index is 9.54. The molecule has 2 aromatic rings. The minimum absolute atomic E-state index is 0.138. The van der Waals surface area contributed by atoms with Crippen LogP contribution < -0.4 is 0 Å². The first-order valence-electron chi connectivity index (χ1n) is 7.11. The Hall–Kier alpha value is -2.27. The molecule has 0 saturated carbocycles. The molecule has 1 aromatic heterocycles. The Labute approximate surface area is 122 Å². The number of phenolic OH excluding ortho intramolecular Hbond substituents is 2. The van der Waals surface area contributed by atoms with Crippen molar-refractivity contribution >= 4 is 6.08 Å². The Bertz CT molecular complexity index is 720. The average molecular weight is 284 g/mol. The van der Waals surface area contributed by atoms with Crippen molar-refractivity contribution in [3.05, 3.63) is 35.6 Å². The van der Waals surface area contributed by atoms with Crippen LogP contribution in [0, 0.1) is 5.92 Å². The molecule has 0 radical (unpaired) electrons. The number of rotatable bonds is 2. The second-order valence-electron chi connectivity index (χ2n) is 5.76. The number of piperidine rings is 1. The fraction of sp³-hybridized carbons (Fsp3) is 0.312. The molecule has 108 valence electrons. The summed E-state index contributed by atoms with van der Waals surface area (Å²) in [7, 11) is 0. The van der Waals surface area contributed by atoms with E-state index in [0.717, 1.165) is 17.9 Å². The smallest absolute Gasteiger partial charge is 0.160 e. The summed E-state index contributed by atoms with van der Waals surface area (Å²) in [5.41, 5.74) is 2.79. The monoisotopic (exact) mass is 284 g/mol. The normalized spacial score (nSPS) is 25.8. The van der Waals surface area contributed by atoms with Gasteiger partial charge in [-0.1, -0.05) is 5.16 Å². The van der Waals surface area contributed by atoms with E-state index in [-0.39, 0.29) is 11.5 Å². The zero-order chi connectivity index (χ0) is 14.4. The topological polar surface area (TPSA) is 69.7 Å². The molecule has 0 spiro atoms. The van der Waals surface area contributed by atoms with E-state index in [2.05, 4.69) is 16.1 Å². The number of nitrogens with zero attached hydrogens (tertiary/aromatic N) is 2. The van der Waals surface area contributed by atoms with Gasteiger partial charge in [-0.15, -0.1) is 0 Å². The maximum atomic E-state index is 9.54. The number of aromatic nitrogens is 1. The molecule has 2 unspecified atom stereocenters. The van der Waals surface area contributed by atoms with Crippen molar-refractivity contribution < 1.29 is 14.7 Å². The zero-order valence-corrected chi connectivity index (χ0v) is 11.5. The van der Waals surface area contributed by atoms with Crippen molar-refractivity contribution in [3.63, 3.8) is 0 Å². The van der Waals surface area contributed by atoms with E-state index in [1.54, 1.807) is 6.07 Å². The number of phenols is 2. The van der Waals surface area contributed by atoms with Crippen molar-refractivity contribution in [2.75, 3.05) is 19.6 Å². The van der Waals surface area contributed by atoms with Gasteiger partial charge in [-0.05, 0) is 48.7 Å². The first-order chi connectivity index (χ1) is 10.2.